The summed E-state index contributed by atoms with van der Waals surface area (Å²) in [5, 5.41) is 0. The first-order valence-electron chi connectivity index (χ1n) is 7.20. The topological polar surface area (TPSA) is 18.5 Å². The van der Waals surface area contributed by atoms with E-state index in [2.05, 4.69) is 9.47 Å². The van der Waals surface area contributed by atoms with Gasteiger partial charge in [0, 0.05) is 12.8 Å². The largest absolute Gasteiger partial charge is 0.423 e. The lowest BCUT2D eigenvalue weighted by molar-refractivity contribution is -0.444. The highest BCUT2D eigenvalue weighted by Gasteiger charge is 2.71. The van der Waals surface area contributed by atoms with E-state index in [0.717, 1.165) is 13.8 Å². The number of rotatable bonds is 9. The lowest BCUT2D eigenvalue weighted by Crippen LogP contribution is -2.63. The maximum absolute atomic E-state index is 14.1. The van der Waals surface area contributed by atoms with E-state index in [0.29, 0.717) is 27.7 Å². The van der Waals surface area contributed by atoms with Crippen LogP contribution in [0.1, 0.15) is 54.4 Å². The molecule has 146 valence electrons. The Labute approximate surface area is 135 Å². The Morgan fingerprint density at radius 1 is 0.625 bits per heavy atom. The standard InChI is InChI=1S/C14H22F8O2/c1-7-11(15,16)9(3,4)24-14(21,22)13(19,20)10(5,6)23-12(17,18)8-2/h7-8H2,1-6H3. The quantitative estimate of drug-likeness (QED) is 0.471. The lowest BCUT2D eigenvalue weighted by Gasteiger charge is -2.43. The van der Waals surface area contributed by atoms with Gasteiger partial charge in [0.05, 0.1) is 0 Å². The molecule has 0 unspecified atom stereocenters. The maximum atomic E-state index is 14.1. The average molecular weight is 374 g/mol. The highest BCUT2D eigenvalue weighted by atomic mass is 19.3. The van der Waals surface area contributed by atoms with Crippen LogP contribution in [0.3, 0.4) is 0 Å². The van der Waals surface area contributed by atoms with Crippen molar-refractivity contribution >= 4 is 0 Å². The maximum Gasteiger partial charge on any atom is 0.423 e. The minimum Gasteiger partial charge on any atom is -0.308 e. The van der Waals surface area contributed by atoms with E-state index in [1.807, 2.05) is 0 Å². The summed E-state index contributed by atoms with van der Waals surface area (Å²) in [4.78, 5) is 0. The smallest absolute Gasteiger partial charge is 0.308 e. The third kappa shape index (κ3) is 4.50. The fourth-order valence-corrected chi connectivity index (χ4v) is 1.74. The summed E-state index contributed by atoms with van der Waals surface area (Å²) in [5.41, 5.74) is -6.37. The zero-order valence-electron chi connectivity index (χ0n) is 14.3. The zero-order valence-corrected chi connectivity index (χ0v) is 14.3. The number of ether oxygens (including phenoxy) is 2. The van der Waals surface area contributed by atoms with Crippen LogP contribution in [-0.4, -0.2) is 35.3 Å². The molecule has 10 heteroatoms. The van der Waals surface area contributed by atoms with Crippen molar-refractivity contribution in [2.45, 2.75) is 89.6 Å². The first-order valence-corrected chi connectivity index (χ1v) is 7.20. The molecule has 0 fully saturated rings. The van der Waals surface area contributed by atoms with Crippen LogP contribution in [0.15, 0.2) is 0 Å². The third-order valence-electron chi connectivity index (χ3n) is 3.65. The van der Waals surface area contributed by atoms with Crippen LogP contribution >= 0.6 is 0 Å². The Kier molecular flexibility index (Phi) is 6.41. The van der Waals surface area contributed by atoms with Crippen LogP contribution in [0.25, 0.3) is 0 Å². The number of hydrogen-bond acceptors (Lipinski definition) is 2. The van der Waals surface area contributed by atoms with Gasteiger partial charge in [0.2, 0.25) is 0 Å². The normalized spacial score (nSPS) is 15.8. The van der Waals surface area contributed by atoms with Gasteiger partial charge in [0.15, 0.2) is 0 Å². The van der Waals surface area contributed by atoms with Gasteiger partial charge in [-0.25, -0.2) is 8.78 Å². The van der Waals surface area contributed by atoms with Gasteiger partial charge in [-0.05, 0) is 27.7 Å². The molecule has 0 aromatic rings. The Bertz CT molecular complexity index is 432. The van der Waals surface area contributed by atoms with E-state index in [4.69, 9.17) is 0 Å². The summed E-state index contributed by atoms with van der Waals surface area (Å²) < 4.78 is 117. The molecule has 0 radical (unpaired) electrons. The highest BCUT2D eigenvalue weighted by Crippen LogP contribution is 2.50. The summed E-state index contributed by atoms with van der Waals surface area (Å²) in [5.74, 6) is -9.18. The fraction of sp³-hybridized carbons (Fsp3) is 1.00. The summed E-state index contributed by atoms with van der Waals surface area (Å²) in [6, 6.07) is 0. The van der Waals surface area contributed by atoms with Gasteiger partial charge in [0.25, 0.3) is 5.92 Å². The Morgan fingerprint density at radius 3 is 1.38 bits per heavy atom. The van der Waals surface area contributed by atoms with Gasteiger partial charge in [-0.3, -0.25) is 0 Å². The molecular formula is C14H22F8O2. The minimum atomic E-state index is -5.48. The lowest BCUT2D eigenvalue weighted by atomic mass is 9.95. The molecule has 0 aromatic carbocycles. The SMILES string of the molecule is CCC(F)(F)OC(C)(C)C(F)(F)C(F)(F)OC(C)(C)C(F)(F)CC. The van der Waals surface area contributed by atoms with Crippen molar-refractivity contribution in [3.05, 3.63) is 0 Å². The molecule has 0 bridgehead atoms. The second kappa shape index (κ2) is 6.59. The predicted molar refractivity (Wildman–Crippen MR) is 70.7 cm³/mol. The summed E-state index contributed by atoms with van der Waals surface area (Å²) in [7, 11) is 0. The second-order valence-corrected chi connectivity index (χ2v) is 6.36. The Hall–Kier alpha value is -0.640. The van der Waals surface area contributed by atoms with Crippen LogP contribution in [0, 0.1) is 0 Å². The second-order valence-electron chi connectivity index (χ2n) is 6.36. The first kappa shape index (κ1) is 23.4. The summed E-state index contributed by atoms with van der Waals surface area (Å²) >= 11 is 0. The monoisotopic (exact) mass is 374 g/mol. The van der Waals surface area contributed by atoms with Crippen LogP contribution in [0.5, 0.6) is 0 Å². The first-order chi connectivity index (χ1) is 10.3. The van der Waals surface area contributed by atoms with Crippen molar-refractivity contribution in [2.75, 3.05) is 0 Å². The van der Waals surface area contributed by atoms with Gasteiger partial charge in [-0.2, -0.15) is 26.3 Å². The number of alkyl halides is 8. The Balaban J connectivity index is 5.67. The van der Waals surface area contributed by atoms with E-state index in [-0.39, 0.29) is 0 Å². The highest BCUT2D eigenvalue weighted by molar-refractivity contribution is 4.97. The van der Waals surface area contributed by atoms with E-state index in [9.17, 15) is 35.1 Å². The van der Waals surface area contributed by atoms with E-state index < -0.39 is 48.1 Å². The van der Waals surface area contributed by atoms with Crippen LogP contribution in [0.2, 0.25) is 0 Å². The number of hydrogen-bond donors (Lipinski definition) is 0. The molecule has 24 heavy (non-hydrogen) atoms. The molecule has 0 aromatic heterocycles. The molecule has 0 amide bonds. The van der Waals surface area contributed by atoms with E-state index in [1.54, 1.807) is 0 Å². The molecule has 0 heterocycles. The van der Waals surface area contributed by atoms with Crippen molar-refractivity contribution in [3.63, 3.8) is 0 Å². The van der Waals surface area contributed by atoms with Crippen molar-refractivity contribution < 1.29 is 44.6 Å². The molecule has 0 aliphatic heterocycles. The van der Waals surface area contributed by atoms with Gasteiger partial charge in [-0.1, -0.05) is 13.8 Å². The molecule has 0 N–H and O–H groups in total. The van der Waals surface area contributed by atoms with Gasteiger partial charge in [0.1, 0.15) is 11.2 Å². The summed E-state index contributed by atoms with van der Waals surface area (Å²) in [6.07, 6.45) is -11.6. The molecule has 0 saturated heterocycles. The van der Waals surface area contributed by atoms with Gasteiger partial charge in [-0.15, -0.1) is 0 Å². The van der Waals surface area contributed by atoms with E-state index in [1.165, 1.54) is 0 Å². The van der Waals surface area contributed by atoms with Crippen molar-refractivity contribution in [1.29, 1.82) is 0 Å². The summed E-state index contributed by atoms with van der Waals surface area (Å²) in [6.45, 7) is 3.48. The van der Waals surface area contributed by atoms with Crippen LogP contribution in [-0.2, 0) is 9.47 Å². The molecule has 0 spiro atoms. The predicted octanol–water partition coefficient (Wildman–Crippen LogP) is 5.85. The van der Waals surface area contributed by atoms with Gasteiger partial charge < -0.3 is 9.47 Å². The molecule has 2 nitrogen and oxygen atoms in total. The molecular weight excluding hydrogens is 352 g/mol. The molecule has 0 rings (SSSR count). The number of halogens is 8. The third-order valence-corrected chi connectivity index (χ3v) is 3.65. The molecule has 0 aliphatic carbocycles. The molecule has 0 atom stereocenters. The van der Waals surface area contributed by atoms with Crippen molar-refractivity contribution in [3.8, 4) is 0 Å². The van der Waals surface area contributed by atoms with Crippen molar-refractivity contribution in [2.24, 2.45) is 0 Å². The minimum absolute atomic E-state index is 0.304. The van der Waals surface area contributed by atoms with E-state index >= 15 is 0 Å². The Morgan fingerprint density at radius 2 is 1.04 bits per heavy atom. The molecule has 0 aliphatic rings. The fourth-order valence-electron chi connectivity index (χ4n) is 1.74. The van der Waals surface area contributed by atoms with Gasteiger partial charge >= 0.3 is 18.1 Å². The van der Waals surface area contributed by atoms with Crippen LogP contribution in [0.4, 0.5) is 35.1 Å². The average Bonchev–Trinajstić information content (AvgIpc) is 2.35. The zero-order chi connectivity index (χ0) is 19.8. The van der Waals surface area contributed by atoms with Crippen molar-refractivity contribution in [1.82, 2.24) is 0 Å². The molecule has 0 saturated carbocycles. The van der Waals surface area contributed by atoms with Crippen LogP contribution < -0.4 is 0 Å².